The van der Waals surface area contributed by atoms with Gasteiger partial charge in [-0.05, 0) is 45.0 Å². The molecule has 4 N–H and O–H groups in total. The van der Waals surface area contributed by atoms with E-state index in [1.54, 1.807) is 38.1 Å². The van der Waals surface area contributed by atoms with Crippen molar-refractivity contribution in [1.82, 2.24) is 5.32 Å². The molecule has 110 valence electrons. The lowest BCUT2D eigenvalue weighted by Gasteiger charge is -2.17. The molecule has 0 bridgehead atoms. The highest BCUT2D eigenvalue weighted by atomic mass is 16.5. The summed E-state index contributed by atoms with van der Waals surface area (Å²) in [6.45, 7) is 5.52. The van der Waals surface area contributed by atoms with E-state index < -0.39 is 5.54 Å². The molecular formula is C14H21N3O3. The first kappa shape index (κ1) is 16.0. The highest BCUT2D eigenvalue weighted by Gasteiger charge is 2.21. The fourth-order valence-electron chi connectivity index (χ4n) is 1.39. The number of benzene rings is 1. The van der Waals surface area contributed by atoms with Crippen LogP contribution in [0.15, 0.2) is 24.3 Å². The van der Waals surface area contributed by atoms with Gasteiger partial charge in [-0.1, -0.05) is 0 Å². The standard InChI is InChI=1S/C14H21N3O3/c1-4-20-11-7-5-10(6-8-11)17-12(18)9-16-13(19)14(2,3)15/h5-8H,4,9,15H2,1-3H3,(H,16,19)(H,17,18). The molecule has 0 fully saturated rings. The quantitative estimate of drug-likeness (QED) is 0.720. The van der Waals surface area contributed by atoms with Crippen molar-refractivity contribution in [3.8, 4) is 5.75 Å². The Morgan fingerprint density at radius 1 is 1.25 bits per heavy atom. The van der Waals surface area contributed by atoms with Crippen LogP contribution in [0.2, 0.25) is 0 Å². The van der Waals surface area contributed by atoms with Gasteiger partial charge in [0.1, 0.15) is 5.75 Å². The van der Waals surface area contributed by atoms with Crippen LogP contribution in [-0.2, 0) is 9.59 Å². The fourth-order valence-corrected chi connectivity index (χ4v) is 1.39. The van der Waals surface area contributed by atoms with Crippen molar-refractivity contribution in [3.05, 3.63) is 24.3 Å². The number of hydrogen-bond donors (Lipinski definition) is 3. The van der Waals surface area contributed by atoms with Crippen molar-refractivity contribution < 1.29 is 14.3 Å². The lowest BCUT2D eigenvalue weighted by Crippen LogP contribution is -2.50. The molecule has 0 aromatic heterocycles. The van der Waals surface area contributed by atoms with Crippen molar-refractivity contribution in [1.29, 1.82) is 0 Å². The Morgan fingerprint density at radius 2 is 1.85 bits per heavy atom. The van der Waals surface area contributed by atoms with Gasteiger partial charge >= 0.3 is 0 Å². The molecule has 1 aromatic rings. The van der Waals surface area contributed by atoms with Crippen molar-refractivity contribution in [2.45, 2.75) is 26.3 Å². The van der Waals surface area contributed by atoms with Gasteiger partial charge in [0.15, 0.2) is 0 Å². The number of carbonyl (C=O) groups is 2. The number of ether oxygens (including phenoxy) is 1. The predicted molar refractivity (Wildman–Crippen MR) is 77.5 cm³/mol. The Bertz CT molecular complexity index is 464. The van der Waals surface area contributed by atoms with Crippen LogP contribution in [0.5, 0.6) is 5.75 Å². The van der Waals surface area contributed by atoms with Gasteiger partial charge in [-0.25, -0.2) is 0 Å². The number of amides is 2. The third kappa shape index (κ3) is 5.27. The van der Waals surface area contributed by atoms with Gasteiger partial charge in [-0.15, -0.1) is 0 Å². The second-order valence-corrected chi connectivity index (χ2v) is 4.91. The molecule has 6 nitrogen and oxygen atoms in total. The smallest absolute Gasteiger partial charge is 0.243 e. The fraction of sp³-hybridized carbons (Fsp3) is 0.429. The summed E-state index contributed by atoms with van der Waals surface area (Å²) in [7, 11) is 0. The highest BCUT2D eigenvalue weighted by Crippen LogP contribution is 2.15. The summed E-state index contributed by atoms with van der Waals surface area (Å²) in [5, 5.41) is 5.14. The van der Waals surface area contributed by atoms with E-state index in [1.807, 2.05) is 6.92 Å². The zero-order chi connectivity index (χ0) is 15.2. The largest absolute Gasteiger partial charge is 0.494 e. The zero-order valence-corrected chi connectivity index (χ0v) is 12.0. The van der Waals surface area contributed by atoms with Gasteiger partial charge in [0.2, 0.25) is 11.8 Å². The molecule has 0 radical (unpaired) electrons. The summed E-state index contributed by atoms with van der Waals surface area (Å²) in [4.78, 5) is 23.2. The lowest BCUT2D eigenvalue weighted by atomic mass is 10.1. The van der Waals surface area contributed by atoms with E-state index in [0.717, 1.165) is 5.75 Å². The van der Waals surface area contributed by atoms with Crippen LogP contribution in [0.4, 0.5) is 5.69 Å². The van der Waals surface area contributed by atoms with Crippen LogP contribution in [0.1, 0.15) is 20.8 Å². The third-order valence-corrected chi connectivity index (χ3v) is 2.44. The minimum atomic E-state index is -1.00. The van der Waals surface area contributed by atoms with E-state index in [9.17, 15) is 9.59 Å². The van der Waals surface area contributed by atoms with Crippen molar-refractivity contribution in [2.75, 3.05) is 18.5 Å². The molecule has 6 heteroatoms. The van der Waals surface area contributed by atoms with Crippen molar-refractivity contribution in [3.63, 3.8) is 0 Å². The highest BCUT2D eigenvalue weighted by molar-refractivity contribution is 5.95. The normalized spacial score (nSPS) is 10.8. The molecule has 0 aliphatic carbocycles. The van der Waals surface area contributed by atoms with Crippen LogP contribution in [-0.4, -0.2) is 30.5 Å². The lowest BCUT2D eigenvalue weighted by molar-refractivity contribution is -0.127. The third-order valence-electron chi connectivity index (χ3n) is 2.44. The average Bonchev–Trinajstić information content (AvgIpc) is 2.37. The maximum Gasteiger partial charge on any atom is 0.243 e. The minimum Gasteiger partial charge on any atom is -0.494 e. The number of nitrogens with one attached hydrogen (secondary N) is 2. The Hall–Kier alpha value is -2.08. The average molecular weight is 279 g/mol. The van der Waals surface area contributed by atoms with Crippen LogP contribution >= 0.6 is 0 Å². The second kappa shape index (κ2) is 6.91. The summed E-state index contributed by atoms with van der Waals surface area (Å²) in [5.41, 5.74) is 5.24. The molecule has 0 atom stereocenters. The SMILES string of the molecule is CCOc1ccc(NC(=O)CNC(=O)C(C)(C)N)cc1. The molecule has 0 saturated heterocycles. The van der Waals surface area contributed by atoms with E-state index in [4.69, 9.17) is 10.5 Å². The minimum absolute atomic E-state index is 0.118. The molecule has 1 aromatic carbocycles. The Morgan fingerprint density at radius 3 is 2.35 bits per heavy atom. The summed E-state index contributed by atoms with van der Waals surface area (Å²) < 4.78 is 5.30. The Balaban J connectivity index is 2.44. The maximum absolute atomic E-state index is 11.7. The van der Waals surface area contributed by atoms with Crippen LogP contribution in [0.3, 0.4) is 0 Å². The van der Waals surface area contributed by atoms with E-state index in [0.29, 0.717) is 12.3 Å². The monoisotopic (exact) mass is 279 g/mol. The Labute approximate surface area is 118 Å². The van der Waals surface area contributed by atoms with E-state index in [-0.39, 0.29) is 18.4 Å². The van der Waals surface area contributed by atoms with E-state index in [2.05, 4.69) is 10.6 Å². The van der Waals surface area contributed by atoms with Gasteiger partial charge in [-0.2, -0.15) is 0 Å². The molecule has 0 aliphatic heterocycles. The Kier molecular flexibility index (Phi) is 5.52. The summed E-state index contributed by atoms with van der Waals surface area (Å²) in [6.07, 6.45) is 0. The summed E-state index contributed by atoms with van der Waals surface area (Å²) in [5.74, 6) is 0.0507. The zero-order valence-electron chi connectivity index (χ0n) is 12.0. The van der Waals surface area contributed by atoms with Gasteiger partial charge in [-0.3, -0.25) is 9.59 Å². The molecule has 0 saturated carbocycles. The number of hydrogen-bond acceptors (Lipinski definition) is 4. The molecule has 0 aliphatic rings. The molecule has 0 spiro atoms. The molecule has 2 amide bonds. The van der Waals surface area contributed by atoms with Gasteiger partial charge in [0, 0.05) is 5.69 Å². The maximum atomic E-state index is 11.7. The van der Waals surface area contributed by atoms with Crippen molar-refractivity contribution >= 4 is 17.5 Å². The van der Waals surface area contributed by atoms with Crippen molar-refractivity contribution in [2.24, 2.45) is 5.73 Å². The molecule has 1 rings (SSSR count). The number of nitrogens with two attached hydrogens (primary N) is 1. The molecule has 0 unspecified atom stereocenters. The number of rotatable bonds is 6. The molecular weight excluding hydrogens is 258 g/mol. The first-order valence-electron chi connectivity index (χ1n) is 6.43. The van der Waals surface area contributed by atoms with Gasteiger partial charge in [0.25, 0.3) is 0 Å². The molecule has 0 heterocycles. The predicted octanol–water partition coefficient (Wildman–Crippen LogP) is 0.877. The van der Waals surface area contributed by atoms with Crippen LogP contribution in [0, 0.1) is 0 Å². The van der Waals surface area contributed by atoms with Crippen LogP contribution < -0.4 is 21.1 Å². The summed E-state index contributed by atoms with van der Waals surface area (Å²) >= 11 is 0. The van der Waals surface area contributed by atoms with Gasteiger partial charge < -0.3 is 21.1 Å². The van der Waals surface area contributed by atoms with E-state index in [1.165, 1.54) is 0 Å². The number of carbonyl (C=O) groups excluding carboxylic acids is 2. The first-order valence-corrected chi connectivity index (χ1v) is 6.43. The molecule has 20 heavy (non-hydrogen) atoms. The number of anilines is 1. The summed E-state index contributed by atoms with van der Waals surface area (Å²) in [6, 6.07) is 7.00. The van der Waals surface area contributed by atoms with E-state index >= 15 is 0 Å². The second-order valence-electron chi connectivity index (χ2n) is 4.91. The van der Waals surface area contributed by atoms with Crippen LogP contribution in [0.25, 0.3) is 0 Å². The first-order chi connectivity index (χ1) is 9.32. The topological polar surface area (TPSA) is 93.5 Å². The van der Waals surface area contributed by atoms with Gasteiger partial charge in [0.05, 0.1) is 18.7 Å².